The largest absolute Gasteiger partial charge is 0.463 e. The van der Waals surface area contributed by atoms with Crippen LogP contribution in [0.15, 0.2) is 0 Å². The Morgan fingerprint density at radius 2 is 1.74 bits per heavy atom. The molecule has 4 fully saturated rings. The maximum atomic E-state index is 11.4. The molecule has 23 heavy (non-hydrogen) atoms. The van der Waals surface area contributed by atoms with Gasteiger partial charge in [0, 0.05) is 6.92 Å². The fourth-order valence-electron chi connectivity index (χ4n) is 7.64. The molecule has 130 valence electrons. The van der Waals surface area contributed by atoms with Crippen molar-refractivity contribution in [2.24, 2.45) is 34.5 Å². The maximum absolute atomic E-state index is 11.4. The van der Waals surface area contributed by atoms with Gasteiger partial charge >= 0.3 is 5.97 Å². The lowest BCUT2D eigenvalue weighted by atomic mass is 9.45. The Hall–Kier alpha value is -0.530. The van der Waals surface area contributed by atoms with Crippen LogP contribution in [0.4, 0.5) is 0 Å². The highest BCUT2D eigenvalue weighted by Crippen LogP contribution is 2.66. The first kappa shape index (κ1) is 16.0. The van der Waals surface area contributed by atoms with Crippen molar-refractivity contribution in [3.63, 3.8) is 0 Å². The minimum Gasteiger partial charge on any atom is -0.463 e. The number of esters is 1. The van der Waals surface area contributed by atoms with Crippen LogP contribution in [0.2, 0.25) is 0 Å². The summed E-state index contributed by atoms with van der Waals surface area (Å²) in [5, 5.41) is 0. The molecular weight excluding hydrogens is 284 g/mol. The Bertz CT molecular complexity index is 486. The third-order valence-corrected chi connectivity index (χ3v) is 8.68. The van der Waals surface area contributed by atoms with Crippen LogP contribution < -0.4 is 0 Å². The Labute approximate surface area is 141 Å². The van der Waals surface area contributed by atoms with E-state index >= 15 is 0 Å². The van der Waals surface area contributed by atoms with E-state index in [4.69, 9.17) is 4.74 Å². The molecule has 0 unspecified atom stereocenters. The van der Waals surface area contributed by atoms with E-state index in [9.17, 15) is 4.79 Å². The summed E-state index contributed by atoms with van der Waals surface area (Å²) in [5.41, 5.74) is 1.07. The molecule has 0 radical (unpaired) electrons. The third kappa shape index (κ3) is 2.46. The minimum atomic E-state index is -0.0866. The van der Waals surface area contributed by atoms with Gasteiger partial charge in [0.25, 0.3) is 0 Å². The highest BCUT2D eigenvalue weighted by Gasteiger charge is 2.58. The summed E-state index contributed by atoms with van der Waals surface area (Å²) in [6.45, 7) is 6.71. The molecule has 0 aromatic rings. The zero-order chi connectivity index (χ0) is 16.2. The number of fused-ring (bicyclic) bond motifs is 5. The fourth-order valence-corrected chi connectivity index (χ4v) is 7.64. The van der Waals surface area contributed by atoms with E-state index in [0.29, 0.717) is 10.8 Å². The van der Waals surface area contributed by atoms with E-state index in [1.807, 2.05) is 0 Å². The van der Waals surface area contributed by atoms with Gasteiger partial charge in [0.05, 0.1) is 0 Å². The molecular formula is C21H34O2. The Morgan fingerprint density at radius 3 is 2.52 bits per heavy atom. The fraction of sp³-hybridized carbons (Fsp3) is 0.952. The van der Waals surface area contributed by atoms with Gasteiger partial charge in [0.1, 0.15) is 6.10 Å². The minimum absolute atomic E-state index is 0.0866. The Balaban J connectivity index is 1.57. The number of ether oxygens (including phenoxy) is 1. The average Bonchev–Trinajstić information content (AvgIpc) is 2.87. The van der Waals surface area contributed by atoms with Crippen LogP contribution in [0.5, 0.6) is 0 Å². The van der Waals surface area contributed by atoms with Crippen LogP contribution in [-0.4, -0.2) is 12.1 Å². The molecule has 0 saturated heterocycles. The SMILES string of the molecule is CC(=O)O[C@@H]1CC[C@@H]2CC[C@H]3[C@@H](CC[C@@]4(C)CCC[C@@H]34)[C@@]2(C)C1. The van der Waals surface area contributed by atoms with Gasteiger partial charge in [-0.1, -0.05) is 20.3 Å². The van der Waals surface area contributed by atoms with Gasteiger partial charge in [-0.3, -0.25) is 4.79 Å². The van der Waals surface area contributed by atoms with Crippen LogP contribution in [0.25, 0.3) is 0 Å². The number of hydrogen-bond donors (Lipinski definition) is 0. The van der Waals surface area contributed by atoms with Crippen molar-refractivity contribution in [1.29, 1.82) is 0 Å². The Morgan fingerprint density at radius 1 is 0.957 bits per heavy atom. The van der Waals surface area contributed by atoms with E-state index in [0.717, 1.165) is 36.5 Å². The van der Waals surface area contributed by atoms with Crippen LogP contribution in [0, 0.1) is 34.5 Å². The van der Waals surface area contributed by atoms with Crippen molar-refractivity contribution >= 4 is 5.97 Å². The predicted octanol–water partition coefficient (Wildman–Crippen LogP) is 5.35. The van der Waals surface area contributed by atoms with E-state index in [-0.39, 0.29) is 12.1 Å². The van der Waals surface area contributed by atoms with E-state index in [2.05, 4.69) is 13.8 Å². The summed E-state index contributed by atoms with van der Waals surface area (Å²) >= 11 is 0. The topological polar surface area (TPSA) is 26.3 Å². The first-order chi connectivity index (χ1) is 10.9. The van der Waals surface area contributed by atoms with Crippen molar-refractivity contribution < 1.29 is 9.53 Å². The van der Waals surface area contributed by atoms with E-state index < -0.39 is 0 Å². The summed E-state index contributed by atoms with van der Waals surface area (Å²) in [6, 6.07) is 0. The van der Waals surface area contributed by atoms with Crippen LogP contribution in [-0.2, 0) is 9.53 Å². The van der Waals surface area contributed by atoms with Crippen molar-refractivity contribution in [3.8, 4) is 0 Å². The third-order valence-electron chi connectivity index (χ3n) is 8.68. The molecule has 2 heteroatoms. The van der Waals surface area contributed by atoms with E-state index in [1.54, 1.807) is 6.92 Å². The van der Waals surface area contributed by atoms with E-state index in [1.165, 1.54) is 51.4 Å². The normalized spacial score (nSPS) is 52.2. The molecule has 4 aliphatic rings. The highest BCUT2D eigenvalue weighted by molar-refractivity contribution is 5.66. The summed E-state index contributed by atoms with van der Waals surface area (Å²) < 4.78 is 5.65. The van der Waals surface area contributed by atoms with Gasteiger partial charge < -0.3 is 4.74 Å². The molecule has 0 aliphatic heterocycles. The van der Waals surface area contributed by atoms with Gasteiger partial charge in [0.2, 0.25) is 0 Å². The van der Waals surface area contributed by atoms with Gasteiger partial charge in [-0.15, -0.1) is 0 Å². The Kier molecular flexibility index (Phi) is 3.81. The average molecular weight is 319 g/mol. The molecule has 0 aromatic carbocycles. The second kappa shape index (κ2) is 5.49. The molecule has 2 nitrogen and oxygen atoms in total. The summed E-state index contributed by atoms with van der Waals surface area (Å²) in [4.78, 5) is 11.4. The molecule has 0 bridgehead atoms. The predicted molar refractivity (Wildman–Crippen MR) is 91.9 cm³/mol. The zero-order valence-electron chi connectivity index (χ0n) is 15.3. The van der Waals surface area contributed by atoms with Crippen LogP contribution >= 0.6 is 0 Å². The van der Waals surface area contributed by atoms with Crippen LogP contribution in [0.1, 0.15) is 85.0 Å². The molecule has 4 saturated carbocycles. The van der Waals surface area contributed by atoms with Gasteiger partial charge in [0.15, 0.2) is 0 Å². The van der Waals surface area contributed by atoms with Crippen LogP contribution in [0.3, 0.4) is 0 Å². The highest BCUT2D eigenvalue weighted by atomic mass is 16.5. The zero-order valence-corrected chi connectivity index (χ0v) is 15.3. The number of hydrogen-bond acceptors (Lipinski definition) is 2. The smallest absolute Gasteiger partial charge is 0.302 e. The maximum Gasteiger partial charge on any atom is 0.302 e. The summed E-state index contributed by atoms with van der Waals surface area (Å²) in [5.74, 6) is 3.61. The number of carbonyl (C=O) groups excluding carboxylic acids is 1. The van der Waals surface area contributed by atoms with Crippen molar-refractivity contribution in [1.82, 2.24) is 0 Å². The standard InChI is InChI=1S/C21H34O2/c1-14(22)23-16-8-6-15-7-9-17-18-5-4-11-20(18,2)12-10-19(17)21(15,3)13-16/h15-19H,4-13H2,1-3H3/t15-,16-,17-,18+,19-,20-,21+/m1/s1. The van der Waals surface area contributed by atoms with Gasteiger partial charge in [-0.05, 0) is 92.3 Å². The first-order valence-electron chi connectivity index (χ1n) is 10.1. The molecule has 0 amide bonds. The monoisotopic (exact) mass is 318 g/mol. The molecule has 4 rings (SSSR count). The van der Waals surface area contributed by atoms with Crippen molar-refractivity contribution in [2.45, 2.75) is 91.1 Å². The van der Waals surface area contributed by atoms with Gasteiger partial charge in [-0.25, -0.2) is 0 Å². The molecule has 4 aliphatic carbocycles. The molecule has 7 atom stereocenters. The molecule has 0 aromatic heterocycles. The van der Waals surface area contributed by atoms with Crippen molar-refractivity contribution in [2.75, 3.05) is 0 Å². The number of rotatable bonds is 1. The summed E-state index contributed by atoms with van der Waals surface area (Å²) in [7, 11) is 0. The molecule has 0 heterocycles. The second-order valence-electron chi connectivity index (χ2n) is 9.75. The lowest BCUT2D eigenvalue weighted by Crippen LogP contribution is -2.53. The molecule has 0 N–H and O–H groups in total. The number of carbonyl (C=O) groups is 1. The second-order valence-corrected chi connectivity index (χ2v) is 9.75. The quantitative estimate of drug-likeness (QED) is 0.609. The lowest BCUT2D eigenvalue weighted by Gasteiger charge is -2.60. The first-order valence-corrected chi connectivity index (χ1v) is 10.1. The molecule has 0 spiro atoms. The van der Waals surface area contributed by atoms with Crippen molar-refractivity contribution in [3.05, 3.63) is 0 Å². The summed E-state index contributed by atoms with van der Waals surface area (Å²) in [6.07, 6.45) is 13.9. The lowest BCUT2D eigenvalue weighted by molar-refractivity contribution is -0.161. The van der Waals surface area contributed by atoms with Gasteiger partial charge in [-0.2, -0.15) is 0 Å².